The molecule has 2 aromatic rings. The van der Waals surface area contributed by atoms with Crippen LogP contribution in [-0.2, 0) is 6.42 Å². The Morgan fingerprint density at radius 2 is 1.94 bits per heavy atom. The maximum Gasteiger partial charge on any atom is 0.132 e. The maximum atomic E-state index is 8.56. The van der Waals surface area contributed by atoms with E-state index in [1.165, 1.54) is 0 Å². The Labute approximate surface area is 105 Å². The van der Waals surface area contributed by atoms with Crippen LogP contribution in [0.15, 0.2) is 42.5 Å². The van der Waals surface area contributed by atoms with E-state index in [2.05, 4.69) is 16.4 Å². The van der Waals surface area contributed by atoms with Crippen molar-refractivity contribution in [3.05, 3.63) is 53.2 Å². The first kappa shape index (κ1) is 11.4. The summed E-state index contributed by atoms with van der Waals surface area (Å²) in [5, 5.41) is 12.2. The van der Waals surface area contributed by atoms with Crippen LogP contribution < -0.4 is 5.32 Å². The highest BCUT2D eigenvalue weighted by Gasteiger charge is 1.97. The lowest BCUT2D eigenvalue weighted by molar-refractivity contribution is 1.26. The highest BCUT2D eigenvalue weighted by atomic mass is 35.5. The van der Waals surface area contributed by atoms with Crippen molar-refractivity contribution < 1.29 is 0 Å². The van der Waals surface area contributed by atoms with Crippen molar-refractivity contribution in [2.24, 2.45) is 0 Å². The van der Waals surface area contributed by atoms with Gasteiger partial charge in [0.2, 0.25) is 0 Å². The van der Waals surface area contributed by atoms with Crippen molar-refractivity contribution in [3.63, 3.8) is 0 Å². The summed E-state index contributed by atoms with van der Waals surface area (Å²) in [5.41, 5.74) is 1.92. The molecular weight excluding hydrogens is 234 g/mol. The second kappa shape index (κ2) is 5.33. The van der Waals surface area contributed by atoms with Crippen LogP contribution in [0.5, 0.6) is 0 Å². The lowest BCUT2D eigenvalue weighted by atomic mass is 10.1. The van der Waals surface area contributed by atoms with E-state index < -0.39 is 0 Å². The van der Waals surface area contributed by atoms with Gasteiger partial charge in [-0.1, -0.05) is 29.8 Å². The number of hydrogen-bond acceptors (Lipinski definition) is 3. The molecule has 1 aromatic heterocycles. The quantitative estimate of drug-likeness (QED) is 0.839. The van der Waals surface area contributed by atoms with E-state index in [0.29, 0.717) is 17.4 Å². The minimum Gasteiger partial charge on any atom is -0.340 e. The fraction of sp³-hybridized carbons (Fsp3) is 0.0769. The predicted octanol–water partition coefficient (Wildman–Crippen LogP) is 3.54. The summed E-state index contributed by atoms with van der Waals surface area (Å²) in [5.74, 6) is 0.700. The molecule has 1 N–H and O–H groups in total. The Balaban J connectivity index is 2.11. The summed E-state index contributed by atoms with van der Waals surface area (Å²) in [7, 11) is 0. The molecule has 17 heavy (non-hydrogen) atoms. The molecule has 84 valence electrons. The molecule has 3 nitrogen and oxygen atoms in total. The minimum absolute atomic E-state index is 0.426. The van der Waals surface area contributed by atoms with Gasteiger partial charge in [0, 0.05) is 5.69 Å². The summed E-state index contributed by atoms with van der Waals surface area (Å²) in [6.07, 6.45) is 0.426. The molecule has 4 heteroatoms. The first-order valence-corrected chi connectivity index (χ1v) is 5.51. The van der Waals surface area contributed by atoms with Gasteiger partial charge < -0.3 is 5.32 Å². The van der Waals surface area contributed by atoms with Crippen LogP contribution in [-0.4, -0.2) is 4.98 Å². The standard InChI is InChI=1S/C13H10ClN3/c14-12-2-1-3-13(17-12)16-11-6-4-10(5-7-11)8-9-15/h1-7H,8H2,(H,16,17). The summed E-state index contributed by atoms with van der Waals surface area (Å²) in [4.78, 5) is 4.13. The fourth-order valence-corrected chi connectivity index (χ4v) is 1.59. The third-order valence-corrected chi connectivity index (χ3v) is 2.44. The molecule has 1 aromatic carbocycles. The van der Waals surface area contributed by atoms with E-state index in [1.54, 1.807) is 6.07 Å². The Hall–Kier alpha value is -2.05. The van der Waals surface area contributed by atoms with Crippen molar-refractivity contribution in [2.75, 3.05) is 5.32 Å². The minimum atomic E-state index is 0.426. The molecule has 0 aliphatic rings. The molecule has 0 atom stereocenters. The topological polar surface area (TPSA) is 48.7 Å². The zero-order chi connectivity index (χ0) is 12.1. The monoisotopic (exact) mass is 243 g/mol. The normalized spacial score (nSPS) is 9.65. The zero-order valence-corrected chi connectivity index (χ0v) is 9.78. The van der Waals surface area contributed by atoms with E-state index in [4.69, 9.17) is 16.9 Å². The molecule has 0 amide bonds. The lowest BCUT2D eigenvalue weighted by Gasteiger charge is -2.05. The number of nitrogens with one attached hydrogen (secondary N) is 1. The summed E-state index contributed by atoms with van der Waals surface area (Å²) < 4.78 is 0. The van der Waals surface area contributed by atoms with Gasteiger partial charge in [-0.25, -0.2) is 4.98 Å². The van der Waals surface area contributed by atoms with Crippen LogP contribution in [0, 0.1) is 11.3 Å². The van der Waals surface area contributed by atoms with Gasteiger partial charge in [-0.3, -0.25) is 0 Å². The van der Waals surface area contributed by atoms with Gasteiger partial charge in [-0.15, -0.1) is 0 Å². The first-order chi connectivity index (χ1) is 8.28. The maximum absolute atomic E-state index is 8.56. The van der Waals surface area contributed by atoms with E-state index in [-0.39, 0.29) is 0 Å². The molecule has 0 radical (unpaired) electrons. The van der Waals surface area contributed by atoms with Gasteiger partial charge in [0.1, 0.15) is 11.0 Å². The molecule has 0 saturated carbocycles. The average molecular weight is 244 g/mol. The number of pyridine rings is 1. The molecular formula is C13H10ClN3. The molecule has 0 bridgehead atoms. The molecule has 2 rings (SSSR count). The summed E-state index contributed by atoms with van der Waals surface area (Å²) >= 11 is 5.79. The average Bonchev–Trinajstić information content (AvgIpc) is 2.32. The smallest absolute Gasteiger partial charge is 0.132 e. The van der Waals surface area contributed by atoms with Crippen LogP contribution in [0.2, 0.25) is 5.15 Å². The Bertz CT molecular complexity index is 543. The van der Waals surface area contributed by atoms with Crippen LogP contribution in [0.25, 0.3) is 0 Å². The van der Waals surface area contributed by atoms with E-state index in [9.17, 15) is 0 Å². The van der Waals surface area contributed by atoms with Crippen LogP contribution >= 0.6 is 11.6 Å². The number of rotatable bonds is 3. The number of hydrogen-bond donors (Lipinski definition) is 1. The van der Waals surface area contributed by atoms with Crippen LogP contribution in [0.3, 0.4) is 0 Å². The largest absolute Gasteiger partial charge is 0.340 e. The zero-order valence-electron chi connectivity index (χ0n) is 9.02. The first-order valence-electron chi connectivity index (χ1n) is 5.13. The molecule has 0 spiro atoms. The van der Waals surface area contributed by atoms with Crippen LogP contribution in [0.1, 0.15) is 5.56 Å². The van der Waals surface area contributed by atoms with Gasteiger partial charge in [0.05, 0.1) is 12.5 Å². The second-order valence-electron chi connectivity index (χ2n) is 3.50. The predicted molar refractivity (Wildman–Crippen MR) is 68.3 cm³/mol. The van der Waals surface area contributed by atoms with Gasteiger partial charge in [-0.05, 0) is 29.8 Å². The Kier molecular flexibility index (Phi) is 3.59. The highest BCUT2D eigenvalue weighted by molar-refractivity contribution is 6.29. The van der Waals surface area contributed by atoms with Gasteiger partial charge in [-0.2, -0.15) is 5.26 Å². The highest BCUT2D eigenvalue weighted by Crippen LogP contribution is 2.17. The summed E-state index contributed by atoms with van der Waals surface area (Å²) in [6, 6.07) is 15.2. The van der Waals surface area contributed by atoms with Crippen molar-refractivity contribution >= 4 is 23.1 Å². The molecule has 0 aliphatic carbocycles. The summed E-state index contributed by atoms with van der Waals surface area (Å²) in [6.45, 7) is 0. The molecule has 0 fully saturated rings. The SMILES string of the molecule is N#CCc1ccc(Nc2cccc(Cl)n2)cc1. The van der Waals surface area contributed by atoms with Gasteiger partial charge in [0.15, 0.2) is 0 Å². The number of anilines is 2. The van der Waals surface area contributed by atoms with Crippen LogP contribution in [0.4, 0.5) is 11.5 Å². The molecule has 1 heterocycles. The lowest BCUT2D eigenvalue weighted by Crippen LogP contribution is -1.93. The van der Waals surface area contributed by atoms with Gasteiger partial charge >= 0.3 is 0 Å². The number of nitriles is 1. The number of halogens is 1. The number of benzene rings is 1. The Morgan fingerprint density at radius 1 is 1.18 bits per heavy atom. The molecule has 0 aliphatic heterocycles. The van der Waals surface area contributed by atoms with Crippen molar-refractivity contribution in [2.45, 2.75) is 6.42 Å². The van der Waals surface area contributed by atoms with Gasteiger partial charge in [0.25, 0.3) is 0 Å². The number of aromatic nitrogens is 1. The molecule has 0 unspecified atom stereocenters. The molecule has 0 saturated heterocycles. The van der Waals surface area contributed by atoms with Crippen molar-refractivity contribution in [3.8, 4) is 6.07 Å². The van der Waals surface area contributed by atoms with E-state index in [1.807, 2.05) is 36.4 Å². The second-order valence-corrected chi connectivity index (χ2v) is 3.89. The Morgan fingerprint density at radius 3 is 2.59 bits per heavy atom. The van der Waals surface area contributed by atoms with Crippen molar-refractivity contribution in [1.82, 2.24) is 4.98 Å². The van der Waals surface area contributed by atoms with E-state index in [0.717, 1.165) is 11.3 Å². The van der Waals surface area contributed by atoms with Crippen molar-refractivity contribution in [1.29, 1.82) is 5.26 Å². The fourth-order valence-electron chi connectivity index (χ4n) is 1.42. The third kappa shape index (κ3) is 3.20. The van der Waals surface area contributed by atoms with E-state index >= 15 is 0 Å². The number of nitrogens with zero attached hydrogens (tertiary/aromatic N) is 2. The third-order valence-electron chi connectivity index (χ3n) is 2.22.